The predicted molar refractivity (Wildman–Crippen MR) is 129 cm³/mol. The van der Waals surface area contributed by atoms with E-state index in [1.54, 1.807) is 49.9 Å². The van der Waals surface area contributed by atoms with Crippen molar-refractivity contribution in [2.75, 3.05) is 39.4 Å². The first-order chi connectivity index (χ1) is 15.7. The van der Waals surface area contributed by atoms with Crippen LogP contribution in [0.15, 0.2) is 63.2 Å². The lowest BCUT2D eigenvalue weighted by Gasteiger charge is -2.33. The lowest BCUT2D eigenvalue weighted by molar-refractivity contribution is -0.143. The lowest BCUT2D eigenvalue weighted by Crippen LogP contribution is -2.51. The number of carboxylic acids is 1. The minimum Gasteiger partial charge on any atom is -0.480 e. The molecule has 1 unspecified atom stereocenters. The number of aliphatic carboxylic acids is 1. The lowest BCUT2D eigenvalue weighted by atomic mass is 10.0. The van der Waals surface area contributed by atoms with Gasteiger partial charge >= 0.3 is 5.97 Å². The summed E-state index contributed by atoms with van der Waals surface area (Å²) in [7, 11) is -4.00. The zero-order valence-corrected chi connectivity index (χ0v) is 20.9. The van der Waals surface area contributed by atoms with Crippen LogP contribution in [0.3, 0.4) is 0 Å². The number of sulfonamides is 1. The van der Waals surface area contributed by atoms with Gasteiger partial charge < -0.3 is 9.84 Å². The summed E-state index contributed by atoms with van der Waals surface area (Å²) in [6, 6.07) is 13.6. The van der Waals surface area contributed by atoms with Crippen LogP contribution in [0.25, 0.3) is 0 Å². The molecule has 0 radical (unpaired) electrons. The third kappa shape index (κ3) is 6.80. The molecule has 0 bridgehead atoms. The molecule has 1 heterocycles. The van der Waals surface area contributed by atoms with Gasteiger partial charge in [0.1, 0.15) is 6.04 Å². The minimum atomic E-state index is -4.00. The van der Waals surface area contributed by atoms with Crippen LogP contribution < -0.4 is 0 Å². The summed E-state index contributed by atoms with van der Waals surface area (Å²) in [6.45, 7) is 8.67. The molecule has 2 aromatic carbocycles. The normalized spacial score (nSPS) is 16.3. The highest BCUT2D eigenvalue weighted by Crippen LogP contribution is 2.30. The molecule has 0 aliphatic carbocycles. The van der Waals surface area contributed by atoms with Crippen molar-refractivity contribution < 1.29 is 23.1 Å². The predicted octanol–water partition coefficient (Wildman–Crippen LogP) is 3.58. The van der Waals surface area contributed by atoms with E-state index in [0.717, 1.165) is 19.7 Å². The Balaban J connectivity index is 1.83. The summed E-state index contributed by atoms with van der Waals surface area (Å²) < 4.78 is 33.7. The van der Waals surface area contributed by atoms with Crippen molar-refractivity contribution in [3.8, 4) is 0 Å². The molecule has 1 aliphatic rings. The number of hydrogen-bond acceptors (Lipinski definition) is 6. The molecule has 3 rings (SSSR count). The van der Waals surface area contributed by atoms with Gasteiger partial charge in [-0.15, -0.1) is 0 Å². The highest BCUT2D eigenvalue weighted by molar-refractivity contribution is 7.99. The minimum absolute atomic E-state index is 0.102. The van der Waals surface area contributed by atoms with Gasteiger partial charge in [0.15, 0.2) is 0 Å². The molecular formula is C24H32N2O5S2. The molecule has 0 spiro atoms. The SMILES string of the molecule is Cc1cccc(Sc2ccc(S(=O)(=O)N(CCN3CCOCC3)C(C(=O)O)C(C)C)cc2)c1. The van der Waals surface area contributed by atoms with E-state index in [0.29, 0.717) is 32.8 Å². The average molecular weight is 493 g/mol. The molecule has 1 N–H and O–H groups in total. The zero-order chi connectivity index (χ0) is 24.0. The zero-order valence-electron chi connectivity index (χ0n) is 19.3. The van der Waals surface area contributed by atoms with Gasteiger partial charge in [-0.05, 0) is 49.2 Å². The largest absolute Gasteiger partial charge is 0.480 e. The van der Waals surface area contributed by atoms with Gasteiger partial charge in [-0.25, -0.2) is 8.42 Å². The number of hydrogen-bond donors (Lipinski definition) is 1. The van der Waals surface area contributed by atoms with Gasteiger partial charge in [0, 0.05) is 36.0 Å². The quantitative estimate of drug-likeness (QED) is 0.542. The number of nitrogens with zero attached hydrogens (tertiary/aromatic N) is 2. The summed E-state index contributed by atoms with van der Waals surface area (Å²) in [5.74, 6) is -1.51. The summed E-state index contributed by atoms with van der Waals surface area (Å²) >= 11 is 1.55. The Morgan fingerprint density at radius 1 is 1.12 bits per heavy atom. The van der Waals surface area contributed by atoms with Gasteiger partial charge in [0.05, 0.1) is 18.1 Å². The number of benzene rings is 2. The maximum atomic E-state index is 13.6. The number of ether oxygens (including phenoxy) is 1. The highest BCUT2D eigenvalue weighted by atomic mass is 32.2. The molecule has 0 aromatic heterocycles. The third-order valence-corrected chi connectivity index (χ3v) is 8.48. The van der Waals surface area contributed by atoms with Crippen LogP contribution >= 0.6 is 11.8 Å². The maximum Gasteiger partial charge on any atom is 0.322 e. The van der Waals surface area contributed by atoms with E-state index in [4.69, 9.17) is 4.74 Å². The van der Waals surface area contributed by atoms with Crippen molar-refractivity contribution in [1.82, 2.24) is 9.21 Å². The van der Waals surface area contributed by atoms with E-state index in [1.165, 1.54) is 0 Å². The van der Waals surface area contributed by atoms with Crippen molar-refractivity contribution in [1.29, 1.82) is 0 Å². The maximum absolute atomic E-state index is 13.6. The molecule has 2 aromatic rings. The molecule has 0 saturated carbocycles. The molecule has 180 valence electrons. The van der Waals surface area contributed by atoms with Crippen LogP contribution in [-0.2, 0) is 19.6 Å². The molecule has 0 amide bonds. The molecule has 1 saturated heterocycles. The van der Waals surface area contributed by atoms with Gasteiger partial charge in [0.25, 0.3) is 0 Å². The molecule has 1 fully saturated rings. The van der Waals surface area contributed by atoms with Crippen molar-refractivity contribution in [2.24, 2.45) is 5.92 Å². The fourth-order valence-corrected chi connectivity index (χ4v) is 6.49. The first-order valence-corrected chi connectivity index (χ1v) is 13.3. The van der Waals surface area contributed by atoms with Crippen LogP contribution in [-0.4, -0.2) is 74.1 Å². The van der Waals surface area contributed by atoms with Crippen molar-refractivity contribution in [3.05, 3.63) is 54.1 Å². The second kappa shape index (κ2) is 11.5. The van der Waals surface area contributed by atoms with Crippen molar-refractivity contribution in [3.63, 3.8) is 0 Å². The summed E-state index contributed by atoms with van der Waals surface area (Å²) in [4.78, 5) is 16.2. The first kappa shape index (κ1) is 25.7. The fraction of sp³-hybridized carbons (Fsp3) is 0.458. The third-order valence-electron chi connectivity index (χ3n) is 5.59. The summed E-state index contributed by atoms with van der Waals surface area (Å²) in [6.07, 6.45) is 0. The van der Waals surface area contributed by atoms with E-state index >= 15 is 0 Å². The van der Waals surface area contributed by atoms with Crippen LogP contribution in [0.2, 0.25) is 0 Å². The number of carboxylic acid groups (broad SMARTS) is 1. The van der Waals surface area contributed by atoms with Crippen LogP contribution in [0.5, 0.6) is 0 Å². The van der Waals surface area contributed by atoms with Gasteiger partial charge in [0.2, 0.25) is 10.0 Å². The number of carbonyl (C=O) groups is 1. The van der Waals surface area contributed by atoms with Gasteiger partial charge in [-0.1, -0.05) is 43.3 Å². The monoisotopic (exact) mass is 492 g/mol. The molecule has 7 nitrogen and oxygen atoms in total. The van der Waals surface area contributed by atoms with Crippen LogP contribution in [0.1, 0.15) is 19.4 Å². The Labute approximate surface area is 200 Å². The summed E-state index contributed by atoms with van der Waals surface area (Å²) in [5.41, 5.74) is 1.16. The van der Waals surface area contributed by atoms with E-state index in [1.807, 2.05) is 25.1 Å². The van der Waals surface area contributed by atoms with Crippen molar-refractivity contribution in [2.45, 2.75) is 41.5 Å². The van der Waals surface area contributed by atoms with Crippen LogP contribution in [0.4, 0.5) is 0 Å². The second-order valence-corrected chi connectivity index (χ2v) is 11.5. The summed E-state index contributed by atoms with van der Waals surface area (Å²) in [5, 5.41) is 9.85. The number of morpholine rings is 1. The Hall–Kier alpha value is -1.91. The van der Waals surface area contributed by atoms with E-state index in [9.17, 15) is 18.3 Å². The Morgan fingerprint density at radius 2 is 1.79 bits per heavy atom. The van der Waals surface area contributed by atoms with Crippen LogP contribution in [0, 0.1) is 12.8 Å². The van der Waals surface area contributed by atoms with Gasteiger partial charge in [-0.2, -0.15) is 4.31 Å². The van der Waals surface area contributed by atoms with Gasteiger partial charge in [-0.3, -0.25) is 9.69 Å². The Kier molecular flexibility index (Phi) is 8.95. The van der Waals surface area contributed by atoms with E-state index < -0.39 is 22.0 Å². The Morgan fingerprint density at radius 3 is 2.36 bits per heavy atom. The number of rotatable bonds is 10. The van der Waals surface area contributed by atoms with E-state index in [2.05, 4.69) is 11.0 Å². The molecule has 33 heavy (non-hydrogen) atoms. The fourth-order valence-electron chi connectivity index (χ4n) is 3.84. The Bertz CT molecular complexity index is 1040. The highest BCUT2D eigenvalue weighted by Gasteiger charge is 2.38. The molecule has 1 aliphatic heterocycles. The average Bonchev–Trinajstić information content (AvgIpc) is 2.77. The molecule has 9 heteroatoms. The molecule has 1 atom stereocenters. The number of aryl methyl sites for hydroxylation is 1. The smallest absolute Gasteiger partial charge is 0.322 e. The topological polar surface area (TPSA) is 87.2 Å². The molecular weight excluding hydrogens is 460 g/mol. The van der Waals surface area contributed by atoms with E-state index in [-0.39, 0.29) is 17.4 Å². The van der Waals surface area contributed by atoms with Crippen molar-refractivity contribution >= 4 is 27.8 Å². The second-order valence-electron chi connectivity index (χ2n) is 8.49. The standard InChI is InChI=1S/C24H32N2O5S2/c1-18(2)23(24(27)28)26(12-11-25-13-15-31-16-14-25)33(29,30)22-9-7-20(8-10-22)32-21-6-4-5-19(3)17-21/h4-10,17-18,23H,11-16H2,1-3H3,(H,27,28). The first-order valence-electron chi connectivity index (χ1n) is 11.1.